The average molecular weight is 335 g/mol. The molecule has 0 atom stereocenters. The summed E-state index contributed by atoms with van der Waals surface area (Å²) in [5, 5.41) is 6.06. The summed E-state index contributed by atoms with van der Waals surface area (Å²) in [7, 11) is 0. The zero-order chi connectivity index (χ0) is 17.5. The molecule has 3 rings (SSSR count). The van der Waals surface area contributed by atoms with Crippen molar-refractivity contribution in [1.82, 2.24) is 4.98 Å². The molecule has 0 aliphatic heterocycles. The van der Waals surface area contributed by atoms with E-state index in [2.05, 4.69) is 15.6 Å². The first-order valence-corrected chi connectivity index (χ1v) is 8.01. The van der Waals surface area contributed by atoms with Crippen LogP contribution in [0.25, 0.3) is 0 Å². The Bertz CT molecular complexity index is 835. The molecule has 1 amide bonds. The van der Waals surface area contributed by atoms with Gasteiger partial charge in [0.05, 0.1) is 0 Å². The second-order valence-corrected chi connectivity index (χ2v) is 5.55. The van der Waals surface area contributed by atoms with E-state index in [1.807, 2.05) is 36.4 Å². The quantitative estimate of drug-likeness (QED) is 0.712. The maximum Gasteiger partial charge on any atom is 0.274 e. The van der Waals surface area contributed by atoms with Gasteiger partial charge >= 0.3 is 0 Å². The molecule has 5 heteroatoms. The van der Waals surface area contributed by atoms with Gasteiger partial charge in [-0.3, -0.25) is 9.78 Å². The molecule has 0 saturated carbocycles. The number of para-hydroxylation sites is 1. The number of rotatable bonds is 6. The summed E-state index contributed by atoms with van der Waals surface area (Å²) in [5.41, 5.74) is 2.93. The fourth-order valence-electron chi connectivity index (χ4n) is 2.38. The Balaban J connectivity index is 1.57. The SMILES string of the molecule is O=C(Nc1ccccc1)c1cc(NCCc2ccc(F)cc2)ccn1. The molecule has 0 radical (unpaired) electrons. The lowest BCUT2D eigenvalue weighted by Gasteiger charge is -2.09. The first-order chi connectivity index (χ1) is 12.2. The number of halogens is 1. The number of anilines is 2. The normalized spacial score (nSPS) is 10.3. The highest BCUT2D eigenvalue weighted by Gasteiger charge is 2.08. The number of amides is 1. The van der Waals surface area contributed by atoms with E-state index in [1.54, 1.807) is 24.4 Å². The third-order valence-corrected chi connectivity index (χ3v) is 3.68. The fraction of sp³-hybridized carbons (Fsp3) is 0.100. The number of nitrogens with one attached hydrogen (secondary N) is 2. The number of benzene rings is 2. The van der Waals surface area contributed by atoms with Gasteiger partial charge in [0.25, 0.3) is 5.91 Å². The van der Waals surface area contributed by atoms with Crippen LogP contribution in [-0.2, 0) is 6.42 Å². The van der Waals surface area contributed by atoms with Crippen LogP contribution in [0.4, 0.5) is 15.8 Å². The minimum atomic E-state index is -0.256. The maximum atomic E-state index is 12.9. The Morgan fingerprint density at radius 2 is 1.72 bits per heavy atom. The van der Waals surface area contributed by atoms with Crippen molar-refractivity contribution in [2.24, 2.45) is 0 Å². The first kappa shape index (κ1) is 16.6. The van der Waals surface area contributed by atoms with Crippen molar-refractivity contribution < 1.29 is 9.18 Å². The Kier molecular flexibility index (Phi) is 5.36. The van der Waals surface area contributed by atoms with Crippen LogP contribution in [-0.4, -0.2) is 17.4 Å². The second-order valence-electron chi connectivity index (χ2n) is 5.55. The smallest absolute Gasteiger partial charge is 0.274 e. The first-order valence-electron chi connectivity index (χ1n) is 8.01. The highest BCUT2D eigenvalue weighted by atomic mass is 19.1. The van der Waals surface area contributed by atoms with Crippen LogP contribution in [0.1, 0.15) is 16.1 Å². The van der Waals surface area contributed by atoms with E-state index in [0.717, 1.165) is 23.4 Å². The van der Waals surface area contributed by atoms with E-state index in [9.17, 15) is 9.18 Å². The van der Waals surface area contributed by atoms with Gasteiger partial charge < -0.3 is 10.6 Å². The lowest BCUT2D eigenvalue weighted by atomic mass is 10.1. The minimum Gasteiger partial charge on any atom is -0.385 e. The minimum absolute atomic E-state index is 0.236. The Morgan fingerprint density at radius 1 is 0.960 bits per heavy atom. The maximum absolute atomic E-state index is 12.9. The largest absolute Gasteiger partial charge is 0.385 e. The molecule has 4 nitrogen and oxygen atoms in total. The molecule has 126 valence electrons. The zero-order valence-corrected chi connectivity index (χ0v) is 13.6. The number of aromatic nitrogens is 1. The number of carbonyl (C=O) groups is 1. The van der Waals surface area contributed by atoms with Crippen LogP contribution in [0.2, 0.25) is 0 Å². The van der Waals surface area contributed by atoms with Gasteiger partial charge in [0.1, 0.15) is 11.5 Å². The van der Waals surface area contributed by atoms with Gasteiger partial charge in [-0.2, -0.15) is 0 Å². The molecular weight excluding hydrogens is 317 g/mol. The molecule has 0 fully saturated rings. The molecule has 0 aliphatic carbocycles. The molecule has 25 heavy (non-hydrogen) atoms. The highest BCUT2D eigenvalue weighted by Crippen LogP contribution is 2.12. The van der Waals surface area contributed by atoms with Crippen LogP contribution in [0, 0.1) is 5.82 Å². The summed E-state index contributed by atoms with van der Waals surface area (Å²) in [5.74, 6) is -0.492. The van der Waals surface area contributed by atoms with E-state index in [1.165, 1.54) is 12.1 Å². The van der Waals surface area contributed by atoms with Gasteiger partial charge in [0.2, 0.25) is 0 Å². The van der Waals surface area contributed by atoms with Crippen LogP contribution < -0.4 is 10.6 Å². The molecule has 0 unspecified atom stereocenters. The van der Waals surface area contributed by atoms with E-state index in [0.29, 0.717) is 12.2 Å². The Morgan fingerprint density at radius 3 is 2.48 bits per heavy atom. The van der Waals surface area contributed by atoms with E-state index in [-0.39, 0.29) is 11.7 Å². The molecular formula is C20H18FN3O. The molecule has 2 aromatic carbocycles. The summed E-state index contributed by atoms with van der Waals surface area (Å²) in [6, 6.07) is 19.2. The highest BCUT2D eigenvalue weighted by molar-refractivity contribution is 6.03. The molecule has 0 spiro atoms. The van der Waals surface area contributed by atoms with Crippen LogP contribution in [0.5, 0.6) is 0 Å². The lowest BCUT2D eigenvalue weighted by Crippen LogP contribution is -2.14. The van der Waals surface area contributed by atoms with Gasteiger partial charge in [0, 0.05) is 24.1 Å². The summed E-state index contributed by atoms with van der Waals surface area (Å²) in [6.07, 6.45) is 2.36. The predicted molar refractivity (Wildman–Crippen MR) is 97.2 cm³/mol. The average Bonchev–Trinajstić information content (AvgIpc) is 2.64. The molecule has 1 aromatic heterocycles. The third kappa shape index (κ3) is 4.88. The monoisotopic (exact) mass is 335 g/mol. The number of hydrogen-bond acceptors (Lipinski definition) is 3. The Labute approximate surface area is 145 Å². The van der Waals surface area contributed by atoms with Gasteiger partial charge in [-0.25, -0.2) is 4.39 Å². The topological polar surface area (TPSA) is 54.0 Å². The molecule has 0 bridgehead atoms. The van der Waals surface area contributed by atoms with Crippen molar-refractivity contribution in [3.05, 3.63) is 90.0 Å². The van der Waals surface area contributed by atoms with Gasteiger partial charge in [-0.05, 0) is 48.4 Å². The zero-order valence-electron chi connectivity index (χ0n) is 13.6. The van der Waals surface area contributed by atoms with E-state index in [4.69, 9.17) is 0 Å². The van der Waals surface area contributed by atoms with Crippen molar-refractivity contribution in [3.63, 3.8) is 0 Å². The van der Waals surface area contributed by atoms with E-state index >= 15 is 0 Å². The molecule has 3 aromatic rings. The summed E-state index contributed by atoms with van der Waals surface area (Å²) >= 11 is 0. The van der Waals surface area contributed by atoms with Gasteiger partial charge in [-0.15, -0.1) is 0 Å². The van der Waals surface area contributed by atoms with Crippen LogP contribution in [0.3, 0.4) is 0 Å². The van der Waals surface area contributed by atoms with Crippen molar-refractivity contribution in [2.45, 2.75) is 6.42 Å². The van der Waals surface area contributed by atoms with Crippen molar-refractivity contribution in [2.75, 3.05) is 17.2 Å². The lowest BCUT2D eigenvalue weighted by molar-refractivity contribution is 0.102. The van der Waals surface area contributed by atoms with Crippen molar-refractivity contribution in [3.8, 4) is 0 Å². The van der Waals surface area contributed by atoms with Crippen molar-refractivity contribution in [1.29, 1.82) is 0 Å². The van der Waals surface area contributed by atoms with Crippen LogP contribution >= 0.6 is 0 Å². The summed E-state index contributed by atoms with van der Waals surface area (Å²) in [6.45, 7) is 0.676. The van der Waals surface area contributed by atoms with Crippen LogP contribution in [0.15, 0.2) is 72.9 Å². The third-order valence-electron chi connectivity index (χ3n) is 3.68. The molecule has 0 saturated heterocycles. The fourth-order valence-corrected chi connectivity index (χ4v) is 2.38. The van der Waals surface area contributed by atoms with E-state index < -0.39 is 0 Å². The molecule has 2 N–H and O–H groups in total. The van der Waals surface area contributed by atoms with Crippen molar-refractivity contribution >= 4 is 17.3 Å². The second kappa shape index (κ2) is 8.06. The number of hydrogen-bond donors (Lipinski definition) is 2. The Hall–Kier alpha value is -3.21. The van der Waals surface area contributed by atoms with Gasteiger partial charge in [0.15, 0.2) is 0 Å². The van der Waals surface area contributed by atoms with Gasteiger partial charge in [-0.1, -0.05) is 30.3 Å². The molecule has 1 heterocycles. The summed E-state index contributed by atoms with van der Waals surface area (Å²) < 4.78 is 12.9. The molecule has 0 aliphatic rings. The number of nitrogens with zero attached hydrogens (tertiary/aromatic N) is 1. The number of carbonyl (C=O) groups excluding carboxylic acids is 1. The standard InChI is InChI=1S/C20H18FN3O/c21-16-8-6-15(7-9-16)10-12-22-18-11-13-23-19(14-18)20(25)24-17-4-2-1-3-5-17/h1-9,11,13-14H,10,12H2,(H,22,23)(H,24,25). The summed E-state index contributed by atoms with van der Waals surface area (Å²) in [4.78, 5) is 16.4. The number of pyridine rings is 1. The predicted octanol–water partition coefficient (Wildman–Crippen LogP) is 4.13.